The molecule has 2 saturated carbocycles. The van der Waals surface area contributed by atoms with E-state index in [9.17, 15) is 9.90 Å². The van der Waals surface area contributed by atoms with Crippen LogP contribution in [-0.2, 0) is 11.3 Å². The molecule has 3 rings (SSSR count). The molecule has 2 atom stereocenters. The summed E-state index contributed by atoms with van der Waals surface area (Å²) < 4.78 is 1.62. The van der Waals surface area contributed by atoms with Gasteiger partial charge >= 0.3 is 0 Å². The maximum Gasteiger partial charge on any atom is 0.244 e. The SMILES string of the molecule is CC1CCC(N(C)C(=O)Cn2cc([C@@H]3CCC[C@H]3O)nn2)CC1. The van der Waals surface area contributed by atoms with E-state index in [4.69, 9.17) is 0 Å². The number of rotatable bonds is 4. The molecular weight excluding hydrogens is 292 g/mol. The van der Waals surface area contributed by atoms with Gasteiger partial charge in [-0.2, -0.15) is 0 Å². The molecule has 0 bridgehead atoms. The largest absolute Gasteiger partial charge is 0.392 e. The van der Waals surface area contributed by atoms with Gasteiger partial charge in [0.15, 0.2) is 0 Å². The van der Waals surface area contributed by atoms with Crippen LogP contribution in [0, 0.1) is 5.92 Å². The lowest BCUT2D eigenvalue weighted by molar-refractivity contribution is -0.133. The lowest BCUT2D eigenvalue weighted by atomic mass is 9.87. The zero-order valence-corrected chi connectivity index (χ0v) is 14.2. The summed E-state index contributed by atoms with van der Waals surface area (Å²) in [6.45, 7) is 2.52. The monoisotopic (exact) mass is 320 g/mol. The molecule has 1 aromatic heterocycles. The standard InChI is InChI=1S/C17H28N4O2/c1-12-6-8-13(9-7-12)20(2)17(23)11-21-10-15(18-19-21)14-4-3-5-16(14)22/h10,12-14,16,22H,3-9,11H2,1-2H3/t12?,13?,14-,16+/m0/s1. The fourth-order valence-corrected chi connectivity index (χ4v) is 3.93. The van der Waals surface area contributed by atoms with Crippen LogP contribution >= 0.6 is 0 Å². The molecule has 0 unspecified atom stereocenters. The van der Waals surface area contributed by atoms with Gasteiger partial charge in [0.2, 0.25) is 5.91 Å². The van der Waals surface area contributed by atoms with Crippen LogP contribution in [0.1, 0.15) is 63.5 Å². The summed E-state index contributed by atoms with van der Waals surface area (Å²) in [5.41, 5.74) is 0.817. The Morgan fingerprint density at radius 1 is 1.30 bits per heavy atom. The van der Waals surface area contributed by atoms with Crippen molar-refractivity contribution in [2.75, 3.05) is 7.05 Å². The lowest BCUT2D eigenvalue weighted by Crippen LogP contribution is -2.41. The molecule has 0 aliphatic heterocycles. The summed E-state index contributed by atoms with van der Waals surface area (Å²) in [5.74, 6) is 0.954. The highest BCUT2D eigenvalue weighted by atomic mass is 16.3. The molecule has 2 aliphatic rings. The second kappa shape index (κ2) is 6.99. The summed E-state index contributed by atoms with van der Waals surface area (Å²) in [4.78, 5) is 14.4. The average Bonchev–Trinajstić information content (AvgIpc) is 3.16. The number of aliphatic hydroxyl groups is 1. The van der Waals surface area contributed by atoms with Crippen molar-refractivity contribution >= 4 is 5.91 Å². The van der Waals surface area contributed by atoms with Crippen molar-refractivity contribution in [1.29, 1.82) is 0 Å². The fourth-order valence-electron chi connectivity index (χ4n) is 3.93. The predicted octanol–water partition coefficient (Wildman–Crippen LogP) is 1.94. The van der Waals surface area contributed by atoms with E-state index in [0.29, 0.717) is 6.04 Å². The molecule has 0 spiro atoms. The highest BCUT2D eigenvalue weighted by Crippen LogP contribution is 2.33. The second-order valence-electron chi connectivity index (χ2n) is 7.36. The van der Waals surface area contributed by atoms with Crippen molar-refractivity contribution in [1.82, 2.24) is 19.9 Å². The third-order valence-corrected chi connectivity index (χ3v) is 5.64. The number of nitrogens with zero attached hydrogens (tertiary/aromatic N) is 4. The first-order chi connectivity index (χ1) is 11.0. The first kappa shape index (κ1) is 16.4. The Balaban J connectivity index is 1.56. The van der Waals surface area contributed by atoms with E-state index in [2.05, 4.69) is 17.2 Å². The fraction of sp³-hybridized carbons (Fsp3) is 0.824. The zero-order valence-electron chi connectivity index (χ0n) is 14.2. The van der Waals surface area contributed by atoms with E-state index in [-0.39, 0.29) is 24.5 Å². The normalized spacial score (nSPS) is 31.3. The molecule has 2 fully saturated rings. The molecule has 2 aliphatic carbocycles. The number of aromatic nitrogens is 3. The maximum atomic E-state index is 12.5. The van der Waals surface area contributed by atoms with E-state index >= 15 is 0 Å². The molecule has 1 amide bonds. The Labute approximate surface area is 137 Å². The zero-order chi connectivity index (χ0) is 16.4. The van der Waals surface area contributed by atoms with Crippen molar-refractivity contribution < 1.29 is 9.90 Å². The van der Waals surface area contributed by atoms with Gasteiger partial charge in [0, 0.05) is 25.2 Å². The van der Waals surface area contributed by atoms with Crippen LogP contribution in [0.3, 0.4) is 0 Å². The summed E-state index contributed by atoms with van der Waals surface area (Å²) in [6, 6.07) is 0.360. The Kier molecular flexibility index (Phi) is 4.99. The molecule has 0 saturated heterocycles. The number of carbonyl (C=O) groups is 1. The summed E-state index contributed by atoms with van der Waals surface area (Å²) >= 11 is 0. The van der Waals surface area contributed by atoms with Crippen LogP contribution in [0.2, 0.25) is 0 Å². The lowest BCUT2D eigenvalue weighted by Gasteiger charge is -2.33. The third-order valence-electron chi connectivity index (χ3n) is 5.64. The van der Waals surface area contributed by atoms with Crippen molar-refractivity contribution in [2.45, 2.75) is 76.5 Å². The smallest absolute Gasteiger partial charge is 0.244 e. The first-order valence-corrected chi connectivity index (χ1v) is 8.88. The van der Waals surface area contributed by atoms with Gasteiger partial charge < -0.3 is 10.0 Å². The number of likely N-dealkylation sites (N-methyl/N-ethyl adjacent to an activating group) is 1. The Morgan fingerprint density at radius 2 is 2.04 bits per heavy atom. The van der Waals surface area contributed by atoms with Crippen molar-refractivity contribution in [3.63, 3.8) is 0 Å². The van der Waals surface area contributed by atoms with Crippen LogP contribution in [-0.4, -0.2) is 50.1 Å². The molecular formula is C17H28N4O2. The highest BCUT2D eigenvalue weighted by molar-refractivity contribution is 5.75. The van der Waals surface area contributed by atoms with Gasteiger partial charge in [0.05, 0.1) is 11.8 Å². The predicted molar refractivity (Wildman–Crippen MR) is 86.8 cm³/mol. The van der Waals surface area contributed by atoms with Gasteiger partial charge in [-0.25, -0.2) is 4.68 Å². The second-order valence-corrected chi connectivity index (χ2v) is 7.36. The van der Waals surface area contributed by atoms with E-state index in [0.717, 1.165) is 43.7 Å². The minimum atomic E-state index is -0.317. The van der Waals surface area contributed by atoms with Gasteiger partial charge in [-0.3, -0.25) is 4.79 Å². The van der Waals surface area contributed by atoms with E-state index in [1.54, 1.807) is 4.68 Å². The topological polar surface area (TPSA) is 71.2 Å². The maximum absolute atomic E-state index is 12.5. The van der Waals surface area contributed by atoms with Gasteiger partial charge in [-0.1, -0.05) is 18.6 Å². The number of carbonyl (C=O) groups excluding carboxylic acids is 1. The molecule has 1 N–H and O–H groups in total. The number of amides is 1. The van der Waals surface area contributed by atoms with E-state index in [1.165, 1.54) is 12.8 Å². The molecule has 6 nitrogen and oxygen atoms in total. The van der Waals surface area contributed by atoms with Crippen molar-refractivity contribution in [3.8, 4) is 0 Å². The molecule has 0 aromatic carbocycles. The van der Waals surface area contributed by atoms with Gasteiger partial charge in [0.1, 0.15) is 6.54 Å². The van der Waals surface area contributed by atoms with E-state index < -0.39 is 0 Å². The summed E-state index contributed by atoms with van der Waals surface area (Å²) in [6.07, 6.45) is 8.93. The minimum Gasteiger partial charge on any atom is -0.392 e. The molecule has 1 aromatic rings. The summed E-state index contributed by atoms with van der Waals surface area (Å²) in [5, 5.41) is 18.2. The quantitative estimate of drug-likeness (QED) is 0.920. The summed E-state index contributed by atoms with van der Waals surface area (Å²) in [7, 11) is 1.90. The van der Waals surface area contributed by atoms with Crippen LogP contribution in [0.4, 0.5) is 0 Å². The third kappa shape index (κ3) is 3.74. The van der Waals surface area contributed by atoms with Gasteiger partial charge in [-0.05, 0) is 44.4 Å². The first-order valence-electron chi connectivity index (χ1n) is 8.88. The van der Waals surface area contributed by atoms with Crippen molar-refractivity contribution in [2.24, 2.45) is 5.92 Å². The molecule has 128 valence electrons. The molecule has 6 heteroatoms. The van der Waals surface area contributed by atoms with E-state index in [1.807, 2.05) is 18.1 Å². The average molecular weight is 320 g/mol. The Morgan fingerprint density at radius 3 is 2.70 bits per heavy atom. The molecule has 1 heterocycles. The van der Waals surface area contributed by atoms with Crippen LogP contribution in [0.25, 0.3) is 0 Å². The van der Waals surface area contributed by atoms with Gasteiger partial charge in [0.25, 0.3) is 0 Å². The molecule has 23 heavy (non-hydrogen) atoms. The number of aliphatic hydroxyl groups excluding tert-OH is 1. The number of hydrogen-bond acceptors (Lipinski definition) is 4. The van der Waals surface area contributed by atoms with Gasteiger partial charge in [-0.15, -0.1) is 5.10 Å². The van der Waals surface area contributed by atoms with Crippen molar-refractivity contribution in [3.05, 3.63) is 11.9 Å². The minimum absolute atomic E-state index is 0.0800. The van der Waals surface area contributed by atoms with Crippen LogP contribution in [0.15, 0.2) is 6.20 Å². The molecule has 0 radical (unpaired) electrons. The van der Waals surface area contributed by atoms with Crippen LogP contribution in [0.5, 0.6) is 0 Å². The Bertz CT molecular complexity index is 536. The van der Waals surface area contributed by atoms with Crippen LogP contribution < -0.4 is 0 Å². The highest BCUT2D eigenvalue weighted by Gasteiger charge is 2.29. The number of hydrogen-bond donors (Lipinski definition) is 1. The Hall–Kier alpha value is -1.43.